The molecule has 1 heterocycles. The minimum atomic E-state index is -4.61. The van der Waals surface area contributed by atoms with E-state index in [0.717, 1.165) is 44.9 Å². The summed E-state index contributed by atoms with van der Waals surface area (Å²) in [5.74, 6) is -2.05. The Bertz CT molecular complexity index is 1360. The van der Waals surface area contributed by atoms with Gasteiger partial charge in [0.05, 0.1) is 6.61 Å². The minimum absolute atomic E-state index is 0.146. The van der Waals surface area contributed by atoms with Crippen LogP contribution in [0.3, 0.4) is 0 Å². The number of rotatable bonds is 42. The smallest absolute Gasteiger partial charge is 0.306 e. The van der Waals surface area contributed by atoms with Gasteiger partial charge < -0.3 is 34.3 Å². The van der Waals surface area contributed by atoms with Crippen LogP contribution >= 0.6 is 0 Å². The summed E-state index contributed by atoms with van der Waals surface area (Å²) in [7, 11) is -4.61. The number of ether oxygens (including phenoxy) is 4. The van der Waals surface area contributed by atoms with Crippen LogP contribution in [0, 0.1) is 0 Å². The van der Waals surface area contributed by atoms with E-state index in [0.29, 0.717) is 19.3 Å². The lowest BCUT2D eigenvalue weighted by atomic mass is 10.00. The molecule has 1 aliphatic heterocycles. The average Bonchev–Trinajstić information content (AvgIpc) is 3.26. The number of unbranched alkanes of at least 4 members (excludes halogenated alkanes) is 22. The van der Waals surface area contributed by atoms with Crippen LogP contribution in [-0.2, 0) is 38.7 Å². The number of aliphatic hydroxyl groups excluding tert-OH is 3. The molecular weight excluding hydrogens is 837 g/mol. The molecule has 1 saturated heterocycles. The van der Waals surface area contributed by atoms with Gasteiger partial charge in [-0.05, 0) is 70.6 Å². The highest BCUT2D eigenvalue weighted by atomic mass is 32.2. The maximum atomic E-state index is 12.9. The van der Waals surface area contributed by atoms with E-state index < -0.39 is 71.2 Å². The van der Waals surface area contributed by atoms with Gasteiger partial charge in [-0.25, -0.2) is 0 Å². The van der Waals surface area contributed by atoms with Gasteiger partial charge in [0, 0.05) is 12.8 Å². The number of aliphatic hydroxyl groups is 3. The summed E-state index contributed by atoms with van der Waals surface area (Å²) in [5.41, 5.74) is 0. The lowest BCUT2D eigenvalue weighted by Crippen LogP contribution is -2.60. The van der Waals surface area contributed by atoms with Crippen molar-refractivity contribution in [2.75, 3.05) is 19.0 Å². The molecule has 6 atom stereocenters. The van der Waals surface area contributed by atoms with Gasteiger partial charge in [-0.15, -0.1) is 0 Å². The predicted octanol–water partition coefficient (Wildman–Crippen LogP) is 11.1. The van der Waals surface area contributed by atoms with E-state index in [9.17, 15) is 37.9 Å². The van der Waals surface area contributed by atoms with Crippen molar-refractivity contribution in [1.29, 1.82) is 0 Å². The Balaban J connectivity index is 2.43. The Morgan fingerprint density at radius 1 is 0.531 bits per heavy atom. The molecule has 0 amide bonds. The quantitative estimate of drug-likeness (QED) is 0.0197. The molecule has 0 aromatic heterocycles. The molecule has 0 aliphatic carbocycles. The summed E-state index contributed by atoms with van der Waals surface area (Å²) in [4.78, 5) is 25.5. The van der Waals surface area contributed by atoms with Gasteiger partial charge in [-0.3, -0.25) is 14.1 Å². The van der Waals surface area contributed by atoms with E-state index >= 15 is 0 Å². The maximum absolute atomic E-state index is 12.9. The van der Waals surface area contributed by atoms with Gasteiger partial charge in [0.25, 0.3) is 10.1 Å². The average molecular weight is 927 g/mol. The van der Waals surface area contributed by atoms with Crippen molar-refractivity contribution >= 4 is 22.1 Å². The first-order valence-electron chi connectivity index (χ1n) is 25.2. The summed E-state index contributed by atoms with van der Waals surface area (Å²) in [6.45, 7) is 3.72. The number of carbonyl (C=O) groups is 2. The van der Waals surface area contributed by atoms with Gasteiger partial charge in [-0.2, -0.15) is 8.42 Å². The fourth-order valence-corrected chi connectivity index (χ4v) is 8.14. The first-order valence-corrected chi connectivity index (χ1v) is 26.8. The molecule has 0 radical (unpaired) electrons. The first-order chi connectivity index (χ1) is 31.0. The molecule has 0 aromatic rings. The van der Waals surface area contributed by atoms with E-state index in [1.165, 1.54) is 116 Å². The Kier molecular flexibility index (Phi) is 38.1. The maximum Gasteiger partial charge on any atom is 0.306 e. The largest absolute Gasteiger partial charge is 0.462 e. The van der Waals surface area contributed by atoms with E-state index in [1.807, 2.05) is 6.08 Å². The van der Waals surface area contributed by atoms with Crippen molar-refractivity contribution in [2.45, 2.75) is 243 Å². The highest BCUT2D eigenvalue weighted by Crippen LogP contribution is 2.24. The van der Waals surface area contributed by atoms with E-state index in [2.05, 4.69) is 56.4 Å². The van der Waals surface area contributed by atoms with Crippen LogP contribution in [0.1, 0.15) is 206 Å². The van der Waals surface area contributed by atoms with Gasteiger partial charge in [-0.1, -0.05) is 172 Å². The lowest BCUT2D eigenvalue weighted by molar-refractivity contribution is -0.297. The Labute approximate surface area is 388 Å². The molecule has 1 aliphatic rings. The van der Waals surface area contributed by atoms with Crippen molar-refractivity contribution < 1.29 is 56.8 Å². The molecule has 0 saturated carbocycles. The van der Waals surface area contributed by atoms with Crippen LogP contribution < -0.4 is 0 Å². The summed E-state index contributed by atoms with van der Waals surface area (Å²) < 4.78 is 54.1. The summed E-state index contributed by atoms with van der Waals surface area (Å²) in [5, 5.41) is 30.9. The summed E-state index contributed by atoms with van der Waals surface area (Å²) >= 11 is 0. The number of esters is 2. The molecule has 0 spiro atoms. The Morgan fingerprint density at radius 2 is 0.953 bits per heavy atom. The second-order valence-corrected chi connectivity index (χ2v) is 19.0. The monoisotopic (exact) mass is 927 g/mol. The molecule has 4 N–H and O–H groups in total. The van der Waals surface area contributed by atoms with Crippen LogP contribution in [-0.4, -0.2) is 96.0 Å². The van der Waals surface area contributed by atoms with Crippen LogP contribution in [0.25, 0.3) is 0 Å². The molecule has 0 aromatic carbocycles. The van der Waals surface area contributed by atoms with E-state index in [4.69, 9.17) is 18.9 Å². The number of carbonyl (C=O) groups excluding carboxylic acids is 2. The molecule has 12 nitrogen and oxygen atoms in total. The topological polar surface area (TPSA) is 186 Å². The van der Waals surface area contributed by atoms with Gasteiger partial charge in [0.2, 0.25) is 0 Å². The Morgan fingerprint density at radius 3 is 1.45 bits per heavy atom. The second kappa shape index (κ2) is 40.8. The fourth-order valence-electron chi connectivity index (χ4n) is 7.45. The van der Waals surface area contributed by atoms with Gasteiger partial charge >= 0.3 is 11.9 Å². The van der Waals surface area contributed by atoms with Crippen LogP contribution in [0.2, 0.25) is 0 Å². The summed E-state index contributed by atoms with van der Waals surface area (Å²) in [6.07, 6.45) is 40.1. The van der Waals surface area contributed by atoms with Crippen molar-refractivity contribution in [2.24, 2.45) is 0 Å². The molecule has 2 unspecified atom stereocenters. The highest BCUT2D eigenvalue weighted by molar-refractivity contribution is 7.85. The van der Waals surface area contributed by atoms with E-state index in [-0.39, 0.29) is 19.4 Å². The molecule has 0 bridgehead atoms. The molecular formula is C51H90O12S. The first kappa shape index (κ1) is 59.6. The molecule has 1 fully saturated rings. The number of allylic oxidation sites excluding steroid dienone is 8. The highest BCUT2D eigenvalue weighted by Gasteiger charge is 2.46. The number of hydrogen-bond acceptors (Lipinski definition) is 11. The van der Waals surface area contributed by atoms with Crippen molar-refractivity contribution in [1.82, 2.24) is 0 Å². The van der Waals surface area contributed by atoms with Crippen LogP contribution in [0.15, 0.2) is 48.6 Å². The zero-order valence-electron chi connectivity index (χ0n) is 39.9. The van der Waals surface area contributed by atoms with Crippen LogP contribution in [0.5, 0.6) is 0 Å². The Hall–Kier alpha value is -2.39. The second-order valence-electron chi connectivity index (χ2n) is 17.5. The van der Waals surface area contributed by atoms with Crippen molar-refractivity contribution in [3.05, 3.63) is 48.6 Å². The SMILES string of the molecule is CCCCCCCC/C=C/C/C=C/C/C=C/CCCC(=O)OC[C@H](CO[C@H]1O[C@H](CS(=O)(=O)O)[C@@H](O)C(O)C1O)OC(=O)CCCCCCCCCCC/C=C/CCCCCCCC. The van der Waals surface area contributed by atoms with Crippen molar-refractivity contribution in [3.8, 4) is 0 Å². The minimum Gasteiger partial charge on any atom is -0.462 e. The van der Waals surface area contributed by atoms with Gasteiger partial charge in [0.1, 0.15) is 36.8 Å². The third-order valence-corrected chi connectivity index (χ3v) is 12.1. The zero-order chi connectivity index (χ0) is 46.9. The van der Waals surface area contributed by atoms with Crippen molar-refractivity contribution in [3.63, 3.8) is 0 Å². The van der Waals surface area contributed by atoms with E-state index in [1.54, 1.807) is 0 Å². The predicted molar refractivity (Wildman–Crippen MR) is 256 cm³/mol. The third-order valence-electron chi connectivity index (χ3n) is 11.4. The zero-order valence-corrected chi connectivity index (χ0v) is 40.7. The fraction of sp³-hybridized carbons (Fsp3) is 0.804. The molecule has 13 heteroatoms. The normalized spacial score (nSPS) is 20.0. The molecule has 64 heavy (non-hydrogen) atoms. The molecule has 372 valence electrons. The van der Waals surface area contributed by atoms with Gasteiger partial charge in [0.15, 0.2) is 12.4 Å². The summed E-state index contributed by atoms with van der Waals surface area (Å²) in [6, 6.07) is 0. The third kappa shape index (κ3) is 34.9. The van der Waals surface area contributed by atoms with Crippen LogP contribution in [0.4, 0.5) is 0 Å². The molecule has 1 rings (SSSR count). The number of hydrogen-bond donors (Lipinski definition) is 4. The lowest BCUT2D eigenvalue weighted by Gasteiger charge is -2.40. The standard InChI is InChI=1S/C51H90O12S/c1-3-5-7-9-11-13-15-17-19-21-22-24-26-28-30-32-34-36-38-40-47(53)62-44(42-61-51-50(56)49(55)48(54)45(63-51)43-64(57,58)59)41-60-46(52)39-37-35-33-31-29-27-25-23-20-18-16-14-12-10-8-6-4-2/h17-20,25,27,31,33,44-45,48-51,54-56H,3-16,21-24,26,28-30,32,34-43H2,1-2H3,(H,57,58,59)/b19-17+,20-18+,27-25+,33-31+/t44-,45-,48-,49?,50?,51+/m1/s1.